The number of halogens is 2. The average molecular weight is 469 g/mol. The molecule has 0 aromatic heterocycles. The molecule has 1 unspecified atom stereocenters. The molecule has 4 rings (SSSR count). The molecule has 0 N–H and O–H groups in total. The topological polar surface area (TPSA) is 49.9 Å². The summed E-state index contributed by atoms with van der Waals surface area (Å²) in [6.45, 7) is -0.174. The maximum absolute atomic E-state index is 13.4. The molecule has 5 nitrogen and oxygen atoms in total. The van der Waals surface area contributed by atoms with Crippen molar-refractivity contribution < 1.29 is 14.3 Å². The second-order valence-corrected chi connectivity index (χ2v) is 8.50. The van der Waals surface area contributed by atoms with E-state index in [1.54, 1.807) is 53.2 Å². The van der Waals surface area contributed by atoms with Gasteiger partial charge in [0.2, 0.25) is 5.91 Å². The highest BCUT2D eigenvalue weighted by molar-refractivity contribution is 6.30. The fourth-order valence-corrected chi connectivity index (χ4v) is 4.18. The molecule has 3 aromatic rings. The summed E-state index contributed by atoms with van der Waals surface area (Å²) >= 11 is 12.1. The van der Waals surface area contributed by atoms with Crippen molar-refractivity contribution in [3.63, 3.8) is 0 Å². The number of amides is 2. The normalized spacial score (nSPS) is 18.2. The van der Waals surface area contributed by atoms with E-state index < -0.39 is 12.2 Å². The first kappa shape index (κ1) is 22.2. The molecule has 164 valence electrons. The van der Waals surface area contributed by atoms with Gasteiger partial charge in [0.1, 0.15) is 18.0 Å². The zero-order valence-electron chi connectivity index (χ0n) is 17.4. The lowest BCUT2D eigenvalue weighted by Gasteiger charge is -2.30. The molecule has 2 amide bonds. The second-order valence-electron chi connectivity index (χ2n) is 7.62. The van der Waals surface area contributed by atoms with E-state index in [9.17, 15) is 9.59 Å². The Balaban J connectivity index is 1.64. The molecular weight excluding hydrogens is 447 g/mol. The van der Waals surface area contributed by atoms with E-state index in [2.05, 4.69) is 0 Å². The van der Waals surface area contributed by atoms with E-state index in [0.717, 1.165) is 11.1 Å². The smallest absolute Gasteiger partial charge is 0.263 e. The molecule has 1 heterocycles. The number of carbonyl (C=O) groups excluding carboxylic acids is 2. The van der Waals surface area contributed by atoms with Gasteiger partial charge in [-0.05, 0) is 47.5 Å². The molecule has 7 heteroatoms. The SMILES string of the molecule is CN1C(=O)[C@@H](Cc2ccc(Cl)cc2)N(C(=O)COc2ccccc2)C1c1ccc(Cl)cc1. The molecule has 1 saturated heterocycles. The molecule has 0 aliphatic carbocycles. The first-order valence-corrected chi connectivity index (χ1v) is 11.0. The molecule has 0 saturated carbocycles. The number of nitrogens with zero attached hydrogens (tertiary/aromatic N) is 2. The molecule has 32 heavy (non-hydrogen) atoms. The minimum absolute atomic E-state index is 0.132. The van der Waals surface area contributed by atoms with Gasteiger partial charge >= 0.3 is 0 Å². The summed E-state index contributed by atoms with van der Waals surface area (Å²) in [7, 11) is 1.71. The van der Waals surface area contributed by atoms with Crippen molar-refractivity contribution >= 4 is 35.0 Å². The molecule has 1 fully saturated rings. The summed E-state index contributed by atoms with van der Waals surface area (Å²) in [5.74, 6) is 0.190. The maximum Gasteiger partial charge on any atom is 0.263 e. The summed E-state index contributed by atoms with van der Waals surface area (Å²) in [4.78, 5) is 29.9. The van der Waals surface area contributed by atoms with Gasteiger partial charge in [0.25, 0.3) is 5.91 Å². The summed E-state index contributed by atoms with van der Waals surface area (Å²) < 4.78 is 5.71. The molecule has 0 bridgehead atoms. The van der Waals surface area contributed by atoms with Crippen LogP contribution in [0.5, 0.6) is 5.75 Å². The Morgan fingerprint density at radius 1 is 0.906 bits per heavy atom. The van der Waals surface area contributed by atoms with Crippen LogP contribution < -0.4 is 4.74 Å². The highest BCUT2D eigenvalue weighted by atomic mass is 35.5. The molecule has 0 spiro atoms. The number of carbonyl (C=O) groups is 2. The Kier molecular flexibility index (Phi) is 6.68. The zero-order chi connectivity index (χ0) is 22.7. The molecule has 1 aliphatic heterocycles. The lowest BCUT2D eigenvalue weighted by atomic mass is 10.0. The van der Waals surface area contributed by atoms with Crippen molar-refractivity contribution in [1.82, 2.24) is 9.80 Å². The van der Waals surface area contributed by atoms with Gasteiger partial charge in [0, 0.05) is 23.5 Å². The van der Waals surface area contributed by atoms with E-state index in [1.165, 1.54) is 0 Å². The number of hydrogen-bond acceptors (Lipinski definition) is 3. The Hall–Kier alpha value is -3.02. The molecule has 3 aromatic carbocycles. The van der Waals surface area contributed by atoms with Crippen molar-refractivity contribution in [1.29, 1.82) is 0 Å². The summed E-state index contributed by atoms with van der Waals surface area (Å²) in [5.41, 5.74) is 1.72. The maximum atomic E-state index is 13.4. The predicted molar refractivity (Wildman–Crippen MR) is 125 cm³/mol. The summed E-state index contributed by atoms with van der Waals surface area (Å²) in [6, 6.07) is 22.9. The fraction of sp³-hybridized carbons (Fsp3) is 0.200. The molecular formula is C25H22Cl2N2O3. The largest absolute Gasteiger partial charge is 0.484 e. The van der Waals surface area contributed by atoms with E-state index in [4.69, 9.17) is 27.9 Å². The number of ether oxygens (including phenoxy) is 1. The summed E-state index contributed by atoms with van der Waals surface area (Å²) in [6.07, 6.45) is -0.175. The highest BCUT2D eigenvalue weighted by Crippen LogP contribution is 2.35. The van der Waals surface area contributed by atoms with Crippen molar-refractivity contribution in [2.45, 2.75) is 18.6 Å². The third kappa shape index (κ3) is 4.74. The van der Waals surface area contributed by atoms with Crippen molar-refractivity contribution in [2.24, 2.45) is 0 Å². The second kappa shape index (κ2) is 9.63. The fourth-order valence-electron chi connectivity index (χ4n) is 3.93. The van der Waals surface area contributed by atoms with Gasteiger partial charge in [-0.1, -0.05) is 65.7 Å². The third-order valence-electron chi connectivity index (χ3n) is 5.50. The third-order valence-corrected chi connectivity index (χ3v) is 6.01. The molecule has 2 atom stereocenters. The minimum atomic E-state index is -0.659. The van der Waals surface area contributed by atoms with E-state index >= 15 is 0 Å². The van der Waals surface area contributed by atoms with Crippen molar-refractivity contribution in [3.8, 4) is 5.75 Å². The van der Waals surface area contributed by atoms with E-state index in [0.29, 0.717) is 22.2 Å². The Morgan fingerprint density at radius 3 is 2.12 bits per heavy atom. The van der Waals surface area contributed by atoms with Crippen LogP contribution in [0, 0.1) is 0 Å². The van der Waals surface area contributed by atoms with Crippen LogP contribution in [0.2, 0.25) is 10.0 Å². The van der Waals surface area contributed by atoms with Gasteiger partial charge in [-0.15, -0.1) is 0 Å². The van der Waals surface area contributed by atoms with Gasteiger partial charge in [-0.25, -0.2) is 0 Å². The number of benzene rings is 3. The minimum Gasteiger partial charge on any atom is -0.484 e. The van der Waals surface area contributed by atoms with Crippen LogP contribution >= 0.6 is 23.2 Å². The number of para-hydroxylation sites is 1. The molecule has 0 radical (unpaired) electrons. The number of likely N-dealkylation sites (N-methyl/N-ethyl adjacent to an activating group) is 1. The standard InChI is InChI=1S/C25H22Cl2N2O3/c1-28-24(18-9-13-20(27)14-10-18)29(23(30)16-32-21-5-3-2-4-6-21)22(25(28)31)15-17-7-11-19(26)12-8-17/h2-14,22,24H,15-16H2,1H3/t22-,24?/m1/s1. The summed E-state index contributed by atoms with van der Waals surface area (Å²) in [5, 5.41) is 1.20. The zero-order valence-corrected chi connectivity index (χ0v) is 19.0. The van der Waals surface area contributed by atoms with Crippen LogP contribution in [0.1, 0.15) is 17.3 Å². The first-order valence-electron chi connectivity index (χ1n) is 10.2. The number of hydrogen-bond donors (Lipinski definition) is 0. The van der Waals surface area contributed by atoms with Crippen LogP contribution in [0.4, 0.5) is 0 Å². The lowest BCUT2D eigenvalue weighted by molar-refractivity contribution is -0.138. The van der Waals surface area contributed by atoms with Gasteiger partial charge in [0.15, 0.2) is 6.61 Å². The Labute approximate surface area is 197 Å². The lowest BCUT2D eigenvalue weighted by Crippen LogP contribution is -2.43. The highest BCUT2D eigenvalue weighted by Gasteiger charge is 2.47. The van der Waals surface area contributed by atoms with Gasteiger partial charge in [-0.3, -0.25) is 9.59 Å². The van der Waals surface area contributed by atoms with Crippen LogP contribution in [-0.2, 0) is 16.0 Å². The van der Waals surface area contributed by atoms with Gasteiger partial charge in [0.05, 0.1) is 0 Å². The van der Waals surface area contributed by atoms with Gasteiger partial charge in [-0.2, -0.15) is 0 Å². The Bertz CT molecular complexity index is 1090. The van der Waals surface area contributed by atoms with Crippen molar-refractivity contribution in [2.75, 3.05) is 13.7 Å². The van der Waals surface area contributed by atoms with E-state index in [1.807, 2.05) is 42.5 Å². The van der Waals surface area contributed by atoms with Crippen LogP contribution in [0.15, 0.2) is 78.9 Å². The van der Waals surface area contributed by atoms with Gasteiger partial charge < -0.3 is 14.5 Å². The Morgan fingerprint density at radius 2 is 1.50 bits per heavy atom. The van der Waals surface area contributed by atoms with Crippen LogP contribution in [-0.4, -0.2) is 41.3 Å². The first-order chi connectivity index (χ1) is 15.4. The average Bonchev–Trinajstić information content (AvgIpc) is 3.05. The monoisotopic (exact) mass is 468 g/mol. The predicted octanol–water partition coefficient (Wildman–Crippen LogP) is 4.98. The van der Waals surface area contributed by atoms with Crippen LogP contribution in [0.3, 0.4) is 0 Å². The molecule has 1 aliphatic rings. The number of rotatable bonds is 6. The van der Waals surface area contributed by atoms with E-state index in [-0.39, 0.29) is 18.4 Å². The quantitative estimate of drug-likeness (QED) is 0.512. The van der Waals surface area contributed by atoms with Crippen molar-refractivity contribution in [3.05, 3.63) is 100 Å². The van der Waals surface area contributed by atoms with Crippen LogP contribution in [0.25, 0.3) is 0 Å².